The molecule has 0 aliphatic heterocycles. The molecule has 10 heteroatoms. The third-order valence-corrected chi connectivity index (χ3v) is 5.65. The highest BCUT2D eigenvalue weighted by molar-refractivity contribution is 7.93. The van der Waals surface area contributed by atoms with Crippen molar-refractivity contribution in [1.29, 1.82) is 0 Å². The van der Waals surface area contributed by atoms with Crippen LogP contribution in [-0.2, 0) is 14.8 Å². The minimum Gasteiger partial charge on any atom is -0.344 e. The van der Waals surface area contributed by atoms with Gasteiger partial charge in [0.15, 0.2) is 5.13 Å². The first kappa shape index (κ1) is 18.9. The molecule has 0 radical (unpaired) electrons. The SMILES string of the molecule is CC(=O)Nc1ccc(S(=O)(=O)Nc2nc(C)c(C(=O)N(C)C)s2)cc1. The number of nitrogens with zero attached hydrogens (tertiary/aromatic N) is 2. The van der Waals surface area contributed by atoms with Crippen molar-refractivity contribution in [3.63, 3.8) is 0 Å². The predicted octanol–water partition coefficient (Wildman–Crippen LogP) is 1.91. The van der Waals surface area contributed by atoms with E-state index in [4.69, 9.17) is 0 Å². The van der Waals surface area contributed by atoms with E-state index in [1.165, 1.54) is 36.1 Å². The first-order chi connectivity index (χ1) is 11.6. The molecule has 0 saturated heterocycles. The van der Waals surface area contributed by atoms with Crippen LogP contribution >= 0.6 is 11.3 Å². The molecule has 1 heterocycles. The lowest BCUT2D eigenvalue weighted by molar-refractivity contribution is -0.114. The van der Waals surface area contributed by atoms with Gasteiger partial charge in [0.05, 0.1) is 10.6 Å². The lowest BCUT2D eigenvalue weighted by atomic mass is 10.3. The Kier molecular flexibility index (Phi) is 5.43. The molecular weight excluding hydrogens is 364 g/mol. The van der Waals surface area contributed by atoms with Crippen LogP contribution in [0.15, 0.2) is 29.2 Å². The number of benzene rings is 1. The van der Waals surface area contributed by atoms with Crippen LogP contribution in [0.5, 0.6) is 0 Å². The fraction of sp³-hybridized carbons (Fsp3) is 0.267. The Bertz CT molecular complexity index is 902. The summed E-state index contributed by atoms with van der Waals surface area (Å²) >= 11 is 0.979. The molecule has 8 nitrogen and oxygen atoms in total. The fourth-order valence-electron chi connectivity index (χ4n) is 1.94. The van der Waals surface area contributed by atoms with Crippen molar-refractivity contribution < 1.29 is 18.0 Å². The highest BCUT2D eigenvalue weighted by atomic mass is 32.2. The largest absolute Gasteiger partial charge is 0.344 e. The monoisotopic (exact) mass is 382 g/mol. The van der Waals surface area contributed by atoms with Gasteiger partial charge in [0.2, 0.25) is 5.91 Å². The molecule has 0 bridgehead atoms. The molecule has 0 fully saturated rings. The number of rotatable bonds is 5. The normalized spacial score (nSPS) is 11.0. The second-order valence-electron chi connectivity index (χ2n) is 5.44. The molecule has 0 atom stereocenters. The maximum Gasteiger partial charge on any atom is 0.265 e. The number of anilines is 2. The molecule has 0 saturated carbocycles. The average Bonchev–Trinajstić information content (AvgIpc) is 2.86. The number of aryl methyl sites for hydroxylation is 1. The van der Waals surface area contributed by atoms with E-state index in [1.807, 2.05) is 0 Å². The number of carbonyl (C=O) groups is 2. The molecule has 0 aliphatic rings. The van der Waals surface area contributed by atoms with Crippen LogP contribution in [0.25, 0.3) is 0 Å². The number of nitrogens with one attached hydrogen (secondary N) is 2. The van der Waals surface area contributed by atoms with Crippen molar-refractivity contribution in [1.82, 2.24) is 9.88 Å². The molecule has 2 amide bonds. The fourth-order valence-corrected chi connectivity index (χ4v) is 4.16. The van der Waals surface area contributed by atoms with Gasteiger partial charge in [0, 0.05) is 26.7 Å². The second-order valence-corrected chi connectivity index (χ2v) is 8.13. The molecule has 0 aliphatic carbocycles. The van der Waals surface area contributed by atoms with Gasteiger partial charge in [-0.15, -0.1) is 0 Å². The first-order valence-electron chi connectivity index (χ1n) is 7.19. The number of amides is 2. The minimum atomic E-state index is -3.85. The van der Waals surface area contributed by atoms with E-state index in [0.29, 0.717) is 16.3 Å². The van der Waals surface area contributed by atoms with Crippen LogP contribution in [0, 0.1) is 6.92 Å². The van der Waals surface area contributed by atoms with Crippen LogP contribution in [0.2, 0.25) is 0 Å². The van der Waals surface area contributed by atoms with E-state index in [2.05, 4.69) is 15.0 Å². The summed E-state index contributed by atoms with van der Waals surface area (Å²) in [5, 5.41) is 2.68. The molecule has 2 N–H and O–H groups in total. The molecule has 134 valence electrons. The first-order valence-corrected chi connectivity index (χ1v) is 9.49. The number of hydrogen-bond acceptors (Lipinski definition) is 6. The van der Waals surface area contributed by atoms with Crippen molar-refractivity contribution in [2.45, 2.75) is 18.7 Å². The summed E-state index contributed by atoms with van der Waals surface area (Å²) in [5.41, 5.74) is 0.956. The van der Waals surface area contributed by atoms with Crippen molar-refractivity contribution in [2.24, 2.45) is 0 Å². The Morgan fingerprint density at radius 3 is 2.28 bits per heavy atom. The quantitative estimate of drug-likeness (QED) is 0.821. The number of aromatic nitrogens is 1. The lowest BCUT2D eigenvalue weighted by Gasteiger charge is -2.08. The molecule has 1 aromatic carbocycles. The zero-order chi connectivity index (χ0) is 18.8. The van der Waals surface area contributed by atoms with Crippen molar-refractivity contribution >= 4 is 44.0 Å². The number of carbonyl (C=O) groups excluding carboxylic acids is 2. The topological polar surface area (TPSA) is 108 Å². The van der Waals surface area contributed by atoms with E-state index >= 15 is 0 Å². The van der Waals surface area contributed by atoms with Gasteiger partial charge in [-0.3, -0.25) is 14.3 Å². The molecule has 0 spiro atoms. The summed E-state index contributed by atoms with van der Waals surface area (Å²) in [7, 11) is -0.621. The van der Waals surface area contributed by atoms with Crippen LogP contribution in [0.4, 0.5) is 10.8 Å². The number of thiazole rings is 1. The van der Waals surface area contributed by atoms with E-state index in [0.717, 1.165) is 11.3 Å². The molecule has 2 rings (SSSR count). The Morgan fingerprint density at radius 1 is 1.16 bits per heavy atom. The van der Waals surface area contributed by atoms with Crippen LogP contribution in [0.3, 0.4) is 0 Å². The minimum absolute atomic E-state index is 0.0231. The maximum absolute atomic E-state index is 12.4. The zero-order valence-corrected chi connectivity index (χ0v) is 15.8. The summed E-state index contributed by atoms with van der Waals surface area (Å²) < 4.78 is 27.2. The van der Waals surface area contributed by atoms with Crippen LogP contribution in [0.1, 0.15) is 22.3 Å². The molecule has 1 aromatic heterocycles. The Morgan fingerprint density at radius 2 is 1.76 bits per heavy atom. The van der Waals surface area contributed by atoms with Gasteiger partial charge in [-0.2, -0.15) is 0 Å². The summed E-state index contributed by atoms with van der Waals surface area (Å²) in [6, 6.07) is 5.73. The number of sulfonamides is 1. The van der Waals surface area contributed by atoms with Gasteiger partial charge in [-0.25, -0.2) is 13.4 Å². The summed E-state index contributed by atoms with van der Waals surface area (Å²) in [5.74, 6) is -0.481. The third-order valence-electron chi connectivity index (χ3n) is 3.10. The molecule has 0 unspecified atom stereocenters. The van der Waals surface area contributed by atoms with Gasteiger partial charge in [-0.05, 0) is 31.2 Å². The maximum atomic E-state index is 12.4. The Balaban J connectivity index is 2.23. The van der Waals surface area contributed by atoms with Crippen molar-refractivity contribution in [2.75, 3.05) is 24.1 Å². The third kappa shape index (κ3) is 4.54. The standard InChI is InChI=1S/C15H18N4O4S2/c1-9-13(14(21)19(3)4)24-15(16-9)18-25(22,23)12-7-5-11(6-8-12)17-10(2)20/h5-8H,1-4H3,(H,16,18)(H,17,20). The van der Waals surface area contributed by atoms with Crippen LogP contribution in [-0.4, -0.2) is 44.2 Å². The van der Waals surface area contributed by atoms with E-state index in [1.54, 1.807) is 21.0 Å². The summed E-state index contributed by atoms with van der Waals surface area (Å²) in [6.07, 6.45) is 0. The zero-order valence-electron chi connectivity index (χ0n) is 14.2. The summed E-state index contributed by atoms with van der Waals surface area (Å²) in [6.45, 7) is 3.01. The predicted molar refractivity (Wildman–Crippen MR) is 96.4 cm³/mol. The summed E-state index contributed by atoms with van der Waals surface area (Å²) in [4.78, 5) is 28.9. The van der Waals surface area contributed by atoms with Gasteiger partial charge >= 0.3 is 0 Å². The van der Waals surface area contributed by atoms with Gasteiger partial charge in [-0.1, -0.05) is 11.3 Å². The Hall–Kier alpha value is -2.46. The lowest BCUT2D eigenvalue weighted by Crippen LogP contribution is -2.21. The van der Waals surface area contributed by atoms with Gasteiger partial charge in [0.1, 0.15) is 4.88 Å². The highest BCUT2D eigenvalue weighted by Gasteiger charge is 2.21. The second kappa shape index (κ2) is 7.19. The van der Waals surface area contributed by atoms with E-state index < -0.39 is 10.0 Å². The van der Waals surface area contributed by atoms with Gasteiger partial charge in [0.25, 0.3) is 15.9 Å². The smallest absolute Gasteiger partial charge is 0.265 e. The van der Waals surface area contributed by atoms with E-state index in [9.17, 15) is 18.0 Å². The van der Waals surface area contributed by atoms with Gasteiger partial charge < -0.3 is 10.2 Å². The van der Waals surface area contributed by atoms with Crippen molar-refractivity contribution in [3.8, 4) is 0 Å². The van der Waals surface area contributed by atoms with E-state index in [-0.39, 0.29) is 21.8 Å². The van der Waals surface area contributed by atoms with Crippen LogP contribution < -0.4 is 10.0 Å². The highest BCUT2D eigenvalue weighted by Crippen LogP contribution is 2.26. The molecule has 25 heavy (non-hydrogen) atoms. The van der Waals surface area contributed by atoms with Crippen molar-refractivity contribution in [3.05, 3.63) is 34.8 Å². The average molecular weight is 382 g/mol. The molecular formula is C15H18N4O4S2. The number of hydrogen-bond donors (Lipinski definition) is 2. The molecule has 2 aromatic rings. The Labute approximate surface area is 149 Å².